The number of urea groups is 1. The van der Waals surface area contributed by atoms with Crippen molar-refractivity contribution in [3.8, 4) is 6.07 Å². The van der Waals surface area contributed by atoms with Crippen molar-refractivity contribution in [3.05, 3.63) is 54.4 Å². The van der Waals surface area contributed by atoms with Gasteiger partial charge in [-0.05, 0) is 56.9 Å². The van der Waals surface area contributed by atoms with Crippen LogP contribution in [0.2, 0.25) is 0 Å². The van der Waals surface area contributed by atoms with Gasteiger partial charge >= 0.3 is 6.03 Å². The van der Waals surface area contributed by atoms with Crippen LogP contribution in [0.25, 0.3) is 0 Å². The highest BCUT2D eigenvalue weighted by Gasteiger charge is 2.39. The van der Waals surface area contributed by atoms with E-state index in [1.54, 1.807) is 47.6 Å². The van der Waals surface area contributed by atoms with E-state index < -0.39 is 15.5 Å². The van der Waals surface area contributed by atoms with E-state index in [0.717, 1.165) is 18.5 Å². The molecule has 0 aliphatic carbocycles. The number of nitriles is 1. The van der Waals surface area contributed by atoms with Gasteiger partial charge in [-0.25, -0.2) is 4.79 Å². The van der Waals surface area contributed by atoms with Crippen molar-refractivity contribution in [2.24, 2.45) is 5.92 Å². The summed E-state index contributed by atoms with van der Waals surface area (Å²) in [5, 5.41) is 12.2. The van der Waals surface area contributed by atoms with Crippen LogP contribution >= 0.6 is 0 Å². The smallest absolute Gasteiger partial charge is 0.321 e. The molecular weight excluding hydrogens is 372 g/mol. The van der Waals surface area contributed by atoms with E-state index in [4.69, 9.17) is 0 Å². The normalized spacial score (nSPS) is 16.2. The number of carbonyl (C=O) groups excluding carboxylic acids is 1. The lowest BCUT2D eigenvalue weighted by Crippen LogP contribution is -2.47. The number of benzene rings is 1. The molecule has 3 rings (SSSR count). The molecule has 2 heterocycles. The zero-order chi connectivity index (χ0) is 20.1. The number of pyridine rings is 1. The van der Waals surface area contributed by atoms with Gasteiger partial charge in [-0.1, -0.05) is 12.1 Å². The minimum absolute atomic E-state index is 0.126. The quantitative estimate of drug-likeness (QED) is 0.852. The van der Waals surface area contributed by atoms with E-state index in [1.165, 1.54) is 0 Å². The summed E-state index contributed by atoms with van der Waals surface area (Å²) in [6.07, 6.45) is 4.83. The van der Waals surface area contributed by atoms with Crippen LogP contribution in [-0.2, 0) is 10.8 Å². The number of anilines is 1. The fourth-order valence-electron chi connectivity index (χ4n) is 3.57. The molecule has 0 spiro atoms. The number of hydrogen-bond donors (Lipinski definition) is 1. The molecular formula is C21H24N4O2S. The van der Waals surface area contributed by atoms with Crippen LogP contribution in [0.4, 0.5) is 10.5 Å². The van der Waals surface area contributed by atoms with Gasteiger partial charge in [-0.3, -0.25) is 9.19 Å². The Balaban J connectivity index is 1.64. The number of carbonyl (C=O) groups is 1. The molecule has 1 atom stereocenters. The number of hydrogen-bond acceptors (Lipinski definition) is 4. The average Bonchev–Trinajstić information content (AvgIpc) is 2.74. The summed E-state index contributed by atoms with van der Waals surface area (Å²) in [5.74, 6) is 0.199. The molecule has 7 heteroatoms. The Morgan fingerprint density at radius 3 is 2.50 bits per heavy atom. The molecule has 6 nitrogen and oxygen atoms in total. The fraction of sp³-hybridized carbons (Fsp3) is 0.381. The summed E-state index contributed by atoms with van der Waals surface area (Å²) in [5.41, 5.74) is 1.18. The number of rotatable bonds is 4. The number of amides is 2. The van der Waals surface area contributed by atoms with Crippen molar-refractivity contribution in [1.29, 1.82) is 5.26 Å². The Morgan fingerprint density at radius 2 is 1.86 bits per heavy atom. The SMILES string of the molecule is CC(C)(C1CCN(C(=O)Nc2ccncc2)CC1)S(=O)c1ccccc1C#N. The molecule has 0 bridgehead atoms. The first-order valence-corrected chi connectivity index (χ1v) is 10.5. The molecule has 28 heavy (non-hydrogen) atoms. The van der Waals surface area contributed by atoms with Crippen LogP contribution in [0.5, 0.6) is 0 Å². The van der Waals surface area contributed by atoms with Crippen LogP contribution in [-0.4, -0.2) is 38.0 Å². The first kappa shape index (κ1) is 20.0. The van der Waals surface area contributed by atoms with Crippen molar-refractivity contribution in [2.45, 2.75) is 36.3 Å². The molecule has 1 aromatic heterocycles. The Labute approximate surface area is 168 Å². The molecule has 2 amide bonds. The van der Waals surface area contributed by atoms with Crippen molar-refractivity contribution in [2.75, 3.05) is 18.4 Å². The van der Waals surface area contributed by atoms with Crippen LogP contribution in [0.15, 0.2) is 53.7 Å². The van der Waals surface area contributed by atoms with Gasteiger partial charge < -0.3 is 10.2 Å². The van der Waals surface area contributed by atoms with Gasteiger partial charge in [-0.15, -0.1) is 0 Å². The molecule has 2 aromatic rings. The van der Waals surface area contributed by atoms with Gasteiger partial charge in [0.25, 0.3) is 0 Å². The average molecular weight is 397 g/mol. The summed E-state index contributed by atoms with van der Waals surface area (Å²) >= 11 is 0. The summed E-state index contributed by atoms with van der Waals surface area (Å²) in [4.78, 5) is 18.8. The number of aromatic nitrogens is 1. The molecule has 1 N–H and O–H groups in total. The summed E-state index contributed by atoms with van der Waals surface area (Å²) in [6, 6.07) is 12.6. The maximum atomic E-state index is 13.3. The van der Waals surface area contributed by atoms with Gasteiger partial charge in [-0.2, -0.15) is 5.26 Å². The molecule has 1 fully saturated rings. The predicted octanol–water partition coefficient (Wildman–Crippen LogP) is 3.78. The number of likely N-dealkylation sites (tertiary alicyclic amines) is 1. The maximum Gasteiger partial charge on any atom is 0.321 e. The third kappa shape index (κ3) is 4.23. The minimum Gasteiger partial charge on any atom is -0.325 e. The monoisotopic (exact) mass is 396 g/mol. The third-order valence-corrected chi connectivity index (χ3v) is 7.43. The van der Waals surface area contributed by atoms with E-state index in [2.05, 4.69) is 16.4 Å². The largest absolute Gasteiger partial charge is 0.325 e. The number of nitrogens with one attached hydrogen (secondary N) is 1. The van der Waals surface area contributed by atoms with Crippen LogP contribution in [0.3, 0.4) is 0 Å². The van der Waals surface area contributed by atoms with Crippen LogP contribution in [0.1, 0.15) is 32.3 Å². The predicted molar refractivity (Wildman–Crippen MR) is 109 cm³/mol. The van der Waals surface area contributed by atoms with Gasteiger partial charge in [0.15, 0.2) is 0 Å². The van der Waals surface area contributed by atoms with Gasteiger partial charge in [0, 0.05) is 35.9 Å². The lowest BCUT2D eigenvalue weighted by Gasteiger charge is -2.40. The van der Waals surface area contributed by atoms with Gasteiger partial charge in [0.2, 0.25) is 0 Å². The third-order valence-electron chi connectivity index (χ3n) is 5.38. The molecule has 1 aliphatic heterocycles. The van der Waals surface area contributed by atoms with Crippen molar-refractivity contribution >= 4 is 22.5 Å². The molecule has 1 aliphatic rings. The molecule has 1 unspecified atom stereocenters. The molecule has 0 radical (unpaired) electrons. The highest BCUT2D eigenvalue weighted by molar-refractivity contribution is 7.86. The Bertz CT molecular complexity index is 900. The second kappa shape index (κ2) is 8.53. The fourth-order valence-corrected chi connectivity index (χ4v) is 5.19. The number of piperidine rings is 1. The first-order valence-electron chi connectivity index (χ1n) is 9.30. The Hall–Kier alpha value is -2.72. The van der Waals surface area contributed by atoms with E-state index in [0.29, 0.717) is 23.5 Å². The highest BCUT2D eigenvalue weighted by Crippen LogP contribution is 2.36. The minimum atomic E-state index is -1.30. The van der Waals surface area contributed by atoms with E-state index >= 15 is 0 Å². The lowest BCUT2D eigenvalue weighted by molar-refractivity contribution is 0.172. The second-order valence-corrected chi connectivity index (χ2v) is 9.44. The van der Waals surface area contributed by atoms with Crippen molar-refractivity contribution in [3.63, 3.8) is 0 Å². The molecule has 1 saturated heterocycles. The van der Waals surface area contributed by atoms with Crippen molar-refractivity contribution < 1.29 is 9.00 Å². The van der Waals surface area contributed by atoms with E-state index in [9.17, 15) is 14.3 Å². The Morgan fingerprint density at radius 1 is 1.21 bits per heavy atom. The topological polar surface area (TPSA) is 86.1 Å². The summed E-state index contributed by atoms with van der Waals surface area (Å²) < 4.78 is 12.8. The summed E-state index contributed by atoms with van der Waals surface area (Å²) in [6.45, 7) is 5.22. The zero-order valence-electron chi connectivity index (χ0n) is 16.1. The summed E-state index contributed by atoms with van der Waals surface area (Å²) in [7, 11) is -1.30. The highest BCUT2D eigenvalue weighted by atomic mass is 32.2. The van der Waals surface area contributed by atoms with Crippen LogP contribution in [0, 0.1) is 17.2 Å². The van der Waals surface area contributed by atoms with Crippen LogP contribution < -0.4 is 5.32 Å². The molecule has 1 aromatic carbocycles. The van der Waals surface area contributed by atoms with Gasteiger partial charge in [0.05, 0.1) is 21.3 Å². The lowest BCUT2D eigenvalue weighted by atomic mass is 9.86. The Kier molecular flexibility index (Phi) is 6.10. The molecule has 0 saturated carbocycles. The maximum absolute atomic E-state index is 13.3. The molecule has 146 valence electrons. The first-order chi connectivity index (χ1) is 13.4. The van der Waals surface area contributed by atoms with Crippen molar-refractivity contribution in [1.82, 2.24) is 9.88 Å². The standard InChI is InChI=1S/C21H24N4O2S/c1-21(2,28(27)19-6-4-3-5-16(19)15-22)17-9-13-25(14-10-17)20(26)24-18-7-11-23-12-8-18/h3-8,11-12,17H,9-10,13-14H2,1-2H3,(H,23,24,26). The number of nitrogens with zero attached hydrogens (tertiary/aromatic N) is 3. The van der Waals surface area contributed by atoms with Gasteiger partial charge in [0.1, 0.15) is 6.07 Å². The van der Waals surface area contributed by atoms with E-state index in [-0.39, 0.29) is 11.9 Å². The zero-order valence-corrected chi connectivity index (χ0v) is 16.9. The van der Waals surface area contributed by atoms with E-state index in [1.807, 2.05) is 19.9 Å². The second-order valence-electron chi connectivity index (χ2n) is 7.41.